The summed E-state index contributed by atoms with van der Waals surface area (Å²) in [6.45, 7) is -0.857. The highest BCUT2D eigenvalue weighted by Crippen LogP contribution is 2.47. The van der Waals surface area contributed by atoms with Crippen molar-refractivity contribution in [3.05, 3.63) is 35.9 Å². The molecule has 1 aliphatic rings. The van der Waals surface area contributed by atoms with E-state index in [2.05, 4.69) is 27.8 Å². The molecule has 0 aromatic heterocycles. The van der Waals surface area contributed by atoms with E-state index < -0.39 is 18.6 Å². The number of guanidine groups is 1. The second kappa shape index (κ2) is 9.43. The van der Waals surface area contributed by atoms with E-state index in [4.69, 9.17) is 0 Å². The van der Waals surface area contributed by atoms with E-state index in [0.29, 0.717) is 17.4 Å². The fraction of sp³-hybridized carbons (Fsp3) is 0.529. The van der Waals surface area contributed by atoms with E-state index in [9.17, 15) is 18.0 Å². The van der Waals surface area contributed by atoms with Crippen molar-refractivity contribution in [1.82, 2.24) is 15.5 Å². The molecule has 0 spiro atoms. The van der Waals surface area contributed by atoms with E-state index in [1.165, 1.54) is 5.56 Å². The molecule has 146 valence electrons. The summed E-state index contributed by atoms with van der Waals surface area (Å²) < 4.78 is 36.9. The molecule has 0 bridgehead atoms. The quantitative estimate of drug-likeness (QED) is 0.371. The van der Waals surface area contributed by atoms with Gasteiger partial charge in [0, 0.05) is 26.1 Å². The van der Waals surface area contributed by atoms with Crippen molar-refractivity contribution >= 4 is 35.8 Å². The number of hydrogen-bond acceptors (Lipinski definition) is 2. The fourth-order valence-corrected chi connectivity index (χ4v) is 2.64. The van der Waals surface area contributed by atoms with Crippen molar-refractivity contribution in [2.75, 3.05) is 33.7 Å². The van der Waals surface area contributed by atoms with Gasteiger partial charge in [-0.1, -0.05) is 30.3 Å². The molecule has 0 heterocycles. The fourth-order valence-electron chi connectivity index (χ4n) is 2.64. The number of halogens is 4. The van der Waals surface area contributed by atoms with Crippen molar-refractivity contribution in [3.8, 4) is 0 Å². The second-order valence-corrected chi connectivity index (χ2v) is 6.29. The zero-order valence-corrected chi connectivity index (χ0v) is 17.1. The molecule has 1 aromatic rings. The summed E-state index contributed by atoms with van der Waals surface area (Å²) in [5, 5.41) is 5.93. The first-order valence-electron chi connectivity index (χ1n) is 8.06. The van der Waals surface area contributed by atoms with Crippen LogP contribution in [-0.2, 0) is 10.2 Å². The van der Waals surface area contributed by atoms with Crippen LogP contribution >= 0.6 is 24.0 Å². The molecule has 1 fully saturated rings. The zero-order chi connectivity index (χ0) is 18.5. The molecule has 1 saturated carbocycles. The number of hydrogen-bond donors (Lipinski definition) is 2. The van der Waals surface area contributed by atoms with Crippen LogP contribution in [0.25, 0.3) is 0 Å². The standard InChI is InChI=1S/C17H23F3N4O.HI/c1-21-15(22-10-14(25)24(2)12-17(18,19)20)23-11-16(8-9-16)13-6-4-3-5-7-13;/h3-7H,8-12H2,1-2H3,(H2,21,22,23);1H. The molecule has 1 amide bonds. The third-order valence-corrected chi connectivity index (χ3v) is 4.31. The highest BCUT2D eigenvalue weighted by atomic mass is 127. The second-order valence-electron chi connectivity index (χ2n) is 6.29. The summed E-state index contributed by atoms with van der Waals surface area (Å²) >= 11 is 0. The first kappa shape index (κ1) is 22.5. The van der Waals surface area contributed by atoms with E-state index >= 15 is 0 Å². The molecule has 2 rings (SSSR count). The van der Waals surface area contributed by atoms with Gasteiger partial charge in [0.05, 0.1) is 6.54 Å². The molecule has 2 N–H and O–H groups in total. The van der Waals surface area contributed by atoms with Gasteiger partial charge in [0.2, 0.25) is 5.91 Å². The molecular weight excluding hydrogens is 460 g/mol. The van der Waals surface area contributed by atoms with Crippen LogP contribution in [0.1, 0.15) is 18.4 Å². The topological polar surface area (TPSA) is 56.7 Å². The van der Waals surface area contributed by atoms with Gasteiger partial charge in [-0.3, -0.25) is 9.79 Å². The third-order valence-electron chi connectivity index (χ3n) is 4.31. The minimum absolute atomic E-state index is 0. The van der Waals surface area contributed by atoms with Crippen LogP contribution in [-0.4, -0.2) is 56.7 Å². The van der Waals surface area contributed by atoms with Crippen LogP contribution in [0.5, 0.6) is 0 Å². The molecule has 0 saturated heterocycles. The normalized spacial score (nSPS) is 15.7. The molecule has 0 atom stereocenters. The Kier molecular flexibility index (Phi) is 8.16. The maximum atomic E-state index is 12.3. The number of nitrogens with one attached hydrogen (secondary N) is 2. The first-order valence-corrected chi connectivity index (χ1v) is 8.06. The highest BCUT2D eigenvalue weighted by Gasteiger charge is 2.44. The summed E-state index contributed by atoms with van der Waals surface area (Å²) in [6, 6.07) is 10.1. The smallest absolute Gasteiger partial charge is 0.356 e. The Balaban J connectivity index is 0.00000338. The summed E-state index contributed by atoms with van der Waals surface area (Å²) in [5.41, 5.74) is 1.31. The molecule has 1 aliphatic carbocycles. The van der Waals surface area contributed by atoms with Crippen LogP contribution < -0.4 is 10.6 Å². The Morgan fingerprint density at radius 3 is 2.35 bits per heavy atom. The lowest BCUT2D eigenvalue weighted by molar-refractivity contribution is -0.157. The number of alkyl halides is 3. The lowest BCUT2D eigenvalue weighted by Crippen LogP contribution is -2.47. The molecule has 0 radical (unpaired) electrons. The van der Waals surface area contributed by atoms with E-state index in [1.807, 2.05) is 18.2 Å². The number of amides is 1. The van der Waals surface area contributed by atoms with E-state index in [0.717, 1.165) is 19.9 Å². The summed E-state index contributed by atoms with van der Waals surface area (Å²) in [7, 11) is 2.68. The Morgan fingerprint density at radius 1 is 1.23 bits per heavy atom. The Morgan fingerprint density at radius 2 is 1.85 bits per heavy atom. The molecule has 0 unspecified atom stereocenters. The van der Waals surface area contributed by atoms with Crippen LogP contribution in [0.2, 0.25) is 0 Å². The van der Waals surface area contributed by atoms with Crippen molar-refractivity contribution in [2.45, 2.75) is 24.4 Å². The molecule has 26 heavy (non-hydrogen) atoms. The number of carbonyl (C=O) groups excluding carboxylic acids is 1. The third kappa shape index (κ3) is 6.65. The number of rotatable bonds is 6. The van der Waals surface area contributed by atoms with Gasteiger partial charge in [-0.15, -0.1) is 24.0 Å². The van der Waals surface area contributed by atoms with Crippen molar-refractivity contribution < 1.29 is 18.0 Å². The van der Waals surface area contributed by atoms with Gasteiger partial charge in [0.15, 0.2) is 5.96 Å². The van der Waals surface area contributed by atoms with E-state index in [1.54, 1.807) is 7.05 Å². The highest BCUT2D eigenvalue weighted by molar-refractivity contribution is 14.0. The van der Waals surface area contributed by atoms with Crippen LogP contribution in [0.15, 0.2) is 35.3 Å². The van der Waals surface area contributed by atoms with Crippen molar-refractivity contribution in [2.24, 2.45) is 4.99 Å². The lowest BCUT2D eigenvalue weighted by Gasteiger charge is -2.21. The number of nitrogens with zero attached hydrogens (tertiary/aromatic N) is 2. The number of benzene rings is 1. The molecule has 0 aliphatic heterocycles. The van der Waals surface area contributed by atoms with Gasteiger partial charge in [-0.25, -0.2) is 0 Å². The monoisotopic (exact) mass is 484 g/mol. The molecule has 5 nitrogen and oxygen atoms in total. The van der Waals surface area contributed by atoms with E-state index in [-0.39, 0.29) is 35.9 Å². The molecule has 9 heteroatoms. The maximum Gasteiger partial charge on any atom is 0.406 e. The van der Waals surface area contributed by atoms with Gasteiger partial charge < -0.3 is 15.5 Å². The Hall–Kier alpha value is -1.52. The number of likely N-dealkylation sites (N-methyl/N-ethyl adjacent to an activating group) is 1. The van der Waals surface area contributed by atoms with Gasteiger partial charge >= 0.3 is 6.18 Å². The average Bonchev–Trinajstić information content (AvgIpc) is 3.35. The first-order chi connectivity index (χ1) is 11.8. The van der Waals surface area contributed by atoms with Gasteiger partial charge in [-0.2, -0.15) is 13.2 Å². The maximum absolute atomic E-state index is 12.3. The largest absolute Gasteiger partial charge is 0.406 e. The summed E-state index contributed by atoms with van der Waals surface area (Å²) in [4.78, 5) is 16.4. The van der Waals surface area contributed by atoms with Crippen LogP contribution in [0.3, 0.4) is 0 Å². The Labute approximate surface area is 168 Å². The minimum Gasteiger partial charge on any atom is -0.356 e. The SMILES string of the molecule is CN=C(NCC(=O)N(C)CC(F)(F)F)NCC1(c2ccccc2)CC1.I. The predicted octanol–water partition coefficient (Wildman–Crippen LogP) is 2.52. The van der Waals surface area contributed by atoms with Crippen molar-refractivity contribution in [1.29, 1.82) is 0 Å². The predicted molar refractivity (Wildman–Crippen MR) is 106 cm³/mol. The Bertz CT molecular complexity index is 618. The minimum atomic E-state index is -4.40. The van der Waals surface area contributed by atoms with Gasteiger partial charge in [0.25, 0.3) is 0 Å². The average molecular weight is 484 g/mol. The van der Waals surface area contributed by atoms with Crippen molar-refractivity contribution in [3.63, 3.8) is 0 Å². The molecule has 1 aromatic carbocycles. The summed E-state index contributed by atoms with van der Waals surface area (Å²) in [5.74, 6) is -0.250. The number of aliphatic imine (C=N–C) groups is 1. The van der Waals surface area contributed by atoms with Crippen LogP contribution in [0.4, 0.5) is 13.2 Å². The van der Waals surface area contributed by atoms with Gasteiger partial charge in [-0.05, 0) is 18.4 Å². The molecular formula is C17H24F3IN4O. The van der Waals surface area contributed by atoms with Gasteiger partial charge in [0.1, 0.15) is 6.54 Å². The number of carbonyl (C=O) groups is 1. The zero-order valence-electron chi connectivity index (χ0n) is 14.8. The summed E-state index contributed by atoms with van der Waals surface area (Å²) in [6.07, 6.45) is -2.28. The lowest BCUT2D eigenvalue weighted by atomic mass is 9.96. The van der Waals surface area contributed by atoms with Crippen LogP contribution in [0, 0.1) is 0 Å².